The predicted molar refractivity (Wildman–Crippen MR) is 52.3 cm³/mol. The highest BCUT2D eigenvalue weighted by Crippen LogP contribution is 2.19. The first kappa shape index (κ1) is 10.3. The van der Waals surface area contributed by atoms with Crippen molar-refractivity contribution >= 4 is 6.03 Å². The van der Waals surface area contributed by atoms with Crippen LogP contribution in [0.1, 0.15) is 13.8 Å². The monoisotopic (exact) mass is 185 g/mol. The van der Waals surface area contributed by atoms with E-state index in [1.165, 1.54) is 0 Å². The molecule has 2 atom stereocenters. The summed E-state index contributed by atoms with van der Waals surface area (Å²) in [5.41, 5.74) is 5.97. The lowest BCUT2D eigenvalue weighted by molar-refractivity contribution is 0.132. The lowest BCUT2D eigenvalue weighted by atomic mass is 9.87. The van der Waals surface area contributed by atoms with Gasteiger partial charge in [0, 0.05) is 26.2 Å². The first-order chi connectivity index (χ1) is 6.06. The Morgan fingerprint density at radius 2 is 1.85 bits per heavy atom. The summed E-state index contributed by atoms with van der Waals surface area (Å²) in [5.74, 6) is 0.780. The van der Waals surface area contributed by atoms with Crippen LogP contribution >= 0.6 is 0 Å². The molecule has 0 aromatic heterocycles. The molecule has 0 bridgehead atoms. The Balaban J connectivity index is 2.58. The summed E-state index contributed by atoms with van der Waals surface area (Å²) in [6.45, 7) is 5.73. The van der Waals surface area contributed by atoms with Gasteiger partial charge in [-0.2, -0.15) is 0 Å². The van der Waals surface area contributed by atoms with Gasteiger partial charge in [-0.05, 0) is 11.8 Å². The van der Waals surface area contributed by atoms with Crippen LogP contribution < -0.4 is 11.1 Å². The number of nitrogens with zero attached hydrogens (tertiary/aromatic N) is 1. The number of amides is 2. The fraction of sp³-hybridized carbons (Fsp3) is 0.889. The van der Waals surface area contributed by atoms with Crippen LogP contribution in [0.15, 0.2) is 0 Å². The van der Waals surface area contributed by atoms with Crippen molar-refractivity contribution in [2.24, 2.45) is 17.6 Å². The van der Waals surface area contributed by atoms with Gasteiger partial charge in [0.2, 0.25) is 0 Å². The second-order valence-corrected chi connectivity index (χ2v) is 3.99. The van der Waals surface area contributed by atoms with Crippen LogP contribution in [0.25, 0.3) is 0 Å². The van der Waals surface area contributed by atoms with Crippen LogP contribution in [0, 0.1) is 11.8 Å². The molecule has 1 aliphatic rings. The Morgan fingerprint density at radius 3 is 2.23 bits per heavy atom. The van der Waals surface area contributed by atoms with Gasteiger partial charge in [-0.15, -0.1) is 0 Å². The number of carbonyl (C=O) groups is 1. The Bertz CT molecular complexity index is 183. The first-order valence-corrected chi connectivity index (χ1v) is 4.78. The molecular formula is C9H19N3O. The third-order valence-corrected chi connectivity index (χ3v) is 2.83. The third-order valence-electron chi connectivity index (χ3n) is 2.83. The van der Waals surface area contributed by atoms with E-state index in [1.807, 2.05) is 4.90 Å². The van der Waals surface area contributed by atoms with Gasteiger partial charge in [0.25, 0.3) is 0 Å². The molecule has 76 valence electrons. The van der Waals surface area contributed by atoms with E-state index in [0.717, 1.165) is 13.1 Å². The van der Waals surface area contributed by atoms with E-state index in [1.54, 1.807) is 7.05 Å². The summed E-state index contributed by atoms with van der Waals surface area (Å²) < 4.78 is 0. The molecule has 0 aromatic rings. The minimum absolute atomic E-state index is 0.00519. The zero-order valence-corrected chi connectivity index (χ0v) is 8.58. The van der Waals surface area contributed by atoms with Crippen molar-refractivity contribution in [3.63, 3.8) is 0 Å². The normalized spacial score (nSPS) is 34.5. The second kappa shape index (κ2) is 3.96. The summed E-state index contributed by atoms with van der Waals surface area (Å²) in [5, 5.41) is 2.64. The number of hydrogen-bond donors (Lipinski definition) is 2. The van der Waals surface area contributed by atoms with Crippen LogP contribution in [0.2, 0.25) is 0 Å². The largest absolute Gasteiger partial charge is 0.341 e. The Labute approximate surface area is 79.5 Å². The van der Waals surface area contributed by atoms with Crippen molar-refractivity contribution < 1.29 is 4.79 Å². The number of nitrogens with one attached hydrogen (secondary N) is 1. The van der Waals surface area contributed by atoms with Crippen molar-refractivity contribution in [3.05, 3.63) is 0 Å². The molecule has 1 fully saturated rings. The molecule has 13 heavy (non-hydrogen) atoms. The van der Waals surface area contributed by atoms with Gasteiger partial charge >= 0.3 is 6.03 Å². The molecule has 2 unspecified atom stereocenters. The quantitative estimate of drug-likeness (QED) is 0.568. The molecule has 0 aromatic carbocycles. The number of rotatable bonds is 0. The number of piperidine rings is 1. The highest BCUT2D eigenvalue weighted by Gasteiger charge is 2.30. The van der Waals surface area contributed by atoms with E-state index in [0.29, 0.717) is 11.8 Å². The molecule has 0 aliphatic carbocycles. The Hall–Kier alpha value is -0.770. The predicted octanol–water partition coefficient (Wildman–Crippen LogP) is 0.241. The summed E-state index contributed by atoms with van der Waals surface area (Å²) in [4.78, 5) is 13.2. The maximum Gasteiger partial charge on any atom is 0.317 e. The van der Waals surface area contributed by atoms with E-state index in [4.69, 9.17) is 5.73 Å². The summed E-state index contributed by atoms with van der Waals surface area (Å²) >= 11 is 0. The molecule has 2 amide bonds. The van der Waals surface area contributed by atoms with Crippen molar-refractivity contribution in [2.75, 3.05) is 20.1 Å². The highest BCUT2D eigenvalue weighted by molar-refractivity contribution is 5.73. The van der Waals surface area contributed by atoms with Gasteiger partial charge in [-0.1, -0.05) is 13.8 Å². The zero-order valence-electron chi connectivity index (χ0n) is 8.58. The molecule has 1 saturated heterocycles. The van der Waals surface area contributed by atoms with Gasteiger partial charge in [-0.25, -0.2) is 4.79 Å². The molecule has 3 N–H and O–H groups in total. The fourth-order valence-electron chi connectivity index (χ4n) is 1.90. The number of urea groups is 1. The van der Waals surface area contributed by atoms with Crippen molar-refractivity contribution in [1.29, 1.82) is 0 Å². The molecule has 1 heterocycles. The van der Waals surface area contributed by atoms with Crippen LogP contribution in [0.5, 0.6) is 0 Å². The zero-order chi connectivity index (χ0) is 10.0. The van der Waals surface area contributed by atoms with E-state index in [2.05, 4.69) is 19.2 Å². The molecule has 1 aliphatic heterocycles. The minimum atomic E-state index is 0.00519. The maximum absolute atomic E-state index is 11.3. The van der Waals surface area contributed by atoms with E-state index in [-0.39, 0.29) is 12.1 Å². The van der Waals surface area contributed by atoms with Crippen molar-refractivity contribution in [3.8, 4) is 0 Å². The molecule has 0 saturated carbocycles. The second-order valence-electron chi connectivity index (χ2n) is 3.99. The van der Waals surface area contributed by atoms with Gasteiger partial charge in [0.15, 0.2) is 0 Å². The van der Waals surface area contributed by atoms with Crippen LogP contribution in [-0.4, -0.2) is 37.1 Å². The van der Waals surface area contributed by atoms with Gasteiger partial charge in [-0.3, -0.25) is 0 Å². The topological polar surface area (TPSA) is 58.4 Å². The lowest BCUT2D eigenvalue weighted by Gasteiger charge is -2.39. The van der Waals surface area contributed by atoms with E-state index < -0.39 is 0 Å². The summed E-state index contributed by atoms with van der Waals surface area (Å²) in [6, 6.07) is 0.228. The SMILES string of the molecule is CNC(=O)N1CC(C)C(N)C(C)C1. The maximum atomic E-state index is 11.3. The van der Waals surface area contributed by atoms with Gasteiger partial charge in [0.05, 0.1) is 0 Å². The fourth-order valence-corrected chi connectivity index (χ4v) is 1.90. The van der Waals surface area contributed by atoms with E-state index in [9.17, 15) is 4.79 Å². The highest BCUT2D eigenvalue weighted by atomic mass is 16.2. The summed E-state index contributed by atoms with van der Waals surface area (Å²) in [7, 11) is 1.66. The standard InChI is InChI=1S/C9H19N3O/c1-6-4-12(9(13)11-3)5-7(2)8(6)10/h6-8H,4-5,10H2,1-3H3,(H,11,13). The van der Waals surface area contributed by atoms with E-state index >= 15 is 0 Å². The molecule has 0 radical (unpaired) electrons. The molecule has 0 spiro atoms. The number of hydrogen-bond acceptors (Lipinski definition) is 2. The Kier molecular flexibility index (Phi) is 3.14. The van der Waals surface area contributed by atoms with Crippen molar-refractivity contribution in [2.45, 2.75) is 19.9 Å². The minimum Gasteiger partial charge on any atom is -0.341 e. The van der Waals surface area contributed by atoms with Gasteiger partial charge < -0.3 is 16.0 Å². The summed E-state index contributed by atoms with van der Waals surface area (Å²) in [6.07, 6.45) is 0. The van der Waals surface area contributed by atoms with Crippen LogP contribution in [-0.2, 0) is 0 Å². The van der Waals surface area contributed by atoms with Gasteiger partial charge in [0.1, 0.15) is 0 Å². The first-order valence-electron chi connectivity index (χ1n) is 4.78. The average Bonchev–Trinajstić information content (AvgIpc) is 2.12. The number of likely N-dealkylation sites (tertiary alicyclic amines) is 1. The average molecular weight is 185 g/mol. The molecule has 1 rings (SSSR count). The lowest BCUT2D eigenvalue weighted by Crippen LogP contribution is -2.54. The van der Waals surface area contributed by atoms with Crippen molar-refractivity contribution in [1.82, 2.24) is 10.2 Å². The van der Waals surface area contributed by atoms with Crippen LogP contribution in [0.3, 0.4) is 0 Å². The number of carbonyl (C=O) groups excluding carboxylic acids is 1. The molecule has 4 heteroatoms. The van der Waals surface area contributed by atoms with Crippen LogP contribution in [0.4, 0.5) is 4.79 Å². The number of nitrogens with two attached hydrogens (primary N) is 1. The smallest absolute Gasteiger partial charge is 0.317 e. The third kappa shape index (κ3) is 2.12. The molecular weight excluding hydrogens is 166 g/mol. The Morgan fingerprint density at radius 1 is 1.38 bits per heavy atom. The molecule has 4 nitrogen and oxygen atoms in total.